The summed E-state index contributed by atoms with van der Waals surface area (Å²) in [7, 11) is 0. The van der Waals surface area contributed by atoms with Gasteiger partial charge >= 0.3 is 6.18 Å². The first-order valence-electron chi connectivity index (χ1n) is 5.12. The Bertz CT molecular complexity index is 229. The highest BCUT2D eigenvalue weighted by molar-refractivity contribution is 5.77. The maximum absolute atomic E-state index is 11.6. The zero-order chi connectivity index (χ0) is 12.0. The molecule has 1 amide bonds. The van der Waals surface area contributed by atoms with Gasteiger partial charge in [-0.25, -0.2) is 0 Å². The SMILES string of the molecule is O=C(COCC(F)(F)F)NCCNC1CC1. The molecule has 0 aliphatic heterocycles. The fourth-order valence-electron chi connectivity index (χ4n) is 1.08. The molecule has 0 unspecified atom stereocenters. The lowest BCUT2D eigenvalue weighted by Gasteiger charge is -2.08. The minimum Gasteiger partial charge on any atom is -0.362 e. The summed E-state index contributed by atoms with van der Waals surface area (Å²) in [6.45, 7) is -0.899. The molecule has 0 aromatic rings. The largest absolute Gasteiger partial charge is 0.411 e. The highest BCUT2D eigenvalue weighted by Gasteiger charge is 2.27. The zero-order valence-electron chi connectivity index (χ0n) is 8.77. The van der Waals surface area contributed by atoms with E-state index in [1.807, 2.05) is 0 Å². The van der Waals surface area contributed by atoms with Gasteiger partial charge in [-0.15, -0.1) is 0 Å². The van der Waals surface area contributed by atoms with Crippen LogP contribution in [0.4, 0.5) is 13.2 Å². The van der Waals surface area contributed by atoms with Gasteiger partial charge in [0.1, 0.15) is 13.2 Å². The predicted molar refractivity (Wildman–Crippen MR) is 50.9 cm³/mol. The number of hydrogen-bond acceptors (Lipinski definition) is 3. The second-order valence-corrected chi connectivity index (χ2v) is 3.69. The third kappa shape index (κ3) is 7.47. The Morgan fingerprint density at radius 3 is 2.56 bits per heavy atom. The first kappa shape index (κ1) is 13.2. The second kappa shape index (κ2) is 6.05. The van der Waals surface area contributed by atoms with Crippen molar-refractivity contribution in [3.63, 3.8) is 0 Å². The number of nitrogens with one attached hydrogen (secondary N) is 2. The minimum atomic E-state index is -4.38. The van der Waals surface area contributed by atoms with Crippen molar-refractivity contribution in [2.75, 3.05) is 26.3 Å². The molecule has 1 saturated carbocycles. The highest BCUT2D eigenvalue weighted by Crippen LogP contribution is 2.17. The van der Waals surface area contributed by atoms with Crippen LogP contribution in [0.3, 0.4) is 0 Å². The number of carbonyl (C=O) groups excluding carboxylic acids is 1. The smallest absolute Gasteiger partial charge is 0.362 e. The molecule has 7 heteroatoms. The summed E-state index contributed by atoms with van der Waals surface area (Å²) in [5.74, 6) is -0.526. The van der Waals surface area contributed by atoms with Crippen LogP contribution in [-0.2, 0) is 9.53 Å². The Hall–Kier alpha value is -0.820. The van der Waals surface area contributed by atoms with Gasteiger partial charge in [-0.3, -0.25) is 4.79 Å². The van der Waals surface area contributed by atoms with Crippen molar-refractivity contribution < 1.29 is 22.7 Å². The van der Waals surface area contributed by atoms with Gasteiger partial charge in [0.05, 0.1) is 0 Å². The molecule has 1 fully saturated rings. The molecule has 2 N–H and O–H groups in total. The molecular weight excluding hydrogens is 225 g/mol. The molecule has 0 spiro atoms. The second-order valence-electron chi connectivity index (χ2n) is 3.69. The number of ether oxygens (including phenoxy) is 1. The maximum Gasteiger partial charge on any atom is 0.411 e. The maximum atomic E-state index is 11.6. The van der Waals surface area contributed by atoms with Crippen LogP contribution in [0.25, 0.3) is 0 Å². The lowest BCUT2D eigenvalue weighted by molar-refractivity contribution is -0.175. The Morgan fingerprint density at radius 2 is 2.00 bits per heavy atom. The third-order valence-corrected chi connectivity index (χ3v) is 1.96. The summed E-state index contributed by atoms with van der Waals surface area (Å²) < 4.78 is 39.1. The van der Waals surface area contributed by atoms with Crippen molar-refractivity contribution in [1.29, 1.82) is 0 Å². The van der Waals surface area contributed by atoms with Crippen LogP contribution < -0.4 is 10.6 Å². The van der Waals surface area contributed by atoms with Crippen LogP contribution in [0.1, 0.15) is 12.8 Å². The summed E-state index contributed by atoms with van der Waals surface area (Å²) in [6.07, 6.45) is -2.07. The fraction of sp³-hybridized carbons (Fsp3) is 0.889. The molecule has 0 aromatic heterocycles. The van der Waals surface area contributed by atoms with E-state index in [1.54, 1.807) is 0 Å². The van der Waals surface area contributed by atoms with Crippen molar-refractivity contribution in [3.05, 3.63) is 0 Å². The van der Waals surface area contributed by atoms with Crippen LogP contribution in [0, 0.1) is 0 Å². The fourth-order valence-corrected chi connectivity index (χ4v) is 1.08. The van der Waals surface area contributed by atoms with Gasteiger partial charge in [0.2, 0.25) is 5.91 Å². The van der Waals surface area contributed by atoms with E-state index >= 15 is 0 Å². The molecule has 0 aromatic carbocycles. The topological polar surface area (TPSA) is 50.4 Å². The number of hydrogen-bond donors (Lipinski definition) is 2. The molecule has 94 valence electrons. The highest BCUT2D eigenvalue weighted by atomic mass is 19.4. The van der Waals surface area contributed by atoms with Crippen LogP contribution >= 0.6 is 0 Å². The van der Waals surface area contributed by atoms with E-state index in [9.17, 15) is 18.0 Å². The number of amides is 1. The van der Waals surface area contributed by atoms with Crippen LogP contribution in [0.15, 0.2) is 0 Å². The van der Waals surface area contributed by atoms with Gasteiger partial charge in [0.15, 0.2) is 0 Å². The summed E-state index contributed by atoms with van der Waals surface area (Å²) in [4.78, 5) is 11.0. The van der Waals surface area contributed by atoms with Gasteiger partial charge in [-0.2, -0.15) is 13.2 Å². The molecular formula is C9H15F3N2O2. The van der Waals surface area contributed by atoms with E-state index in [2.05, 4.69) is 15.4 Å². The van der Waals surface area contributed by atoms with Gasteiger partial charge in [-0.1, -0.05) is 0 Å². The third-order valence-electron chi connectivity index (χ3n) is 1.96. The standard InChI is InChI=1S/C9H15F3N2O2/c10-9(11,12)6-16-5-8(15)14-4-3-13-7-1-2-7/h7,13H,1-6H2,(H,14,15). The molecule has 0 saturated heterocycles. The number of alkyl halides is 3. The van der Waals surface area contributed by atoms with E-state index in [0.29, 0.717) is 19.1 Å². The normalized spacial score (nSPS) is 16.2. The average molecular weight is 240 g/mol. The molecule has 4 nitrogen and oxygen atoms in total. The van der Waals surface area contributed by atoms with Gasteiger partial charge in [0, 0.05) is 19.1 Å². The van der Waals surface area contributed by atoms with Crippen molar-refractivity contribution >= 4 is 5.91 Å². The summed E-state index contributed by atoms with van der Waals surface area (Å²) in [5, 5.41) is 5.62. The van der Waals surface area contributed by atoms with Gasteiger partial charge < -0.3 is 15.4 Å². The van der Waals surface area contributed by atoms with E-state index in [-0.39, 0.29) is 0 Å². The lowest BCUT2D eigenvalue weighted by Crippen LogP contribution is -2.35. The molecule has 0 bridgehead atoms. The van der Waals surface area contributed by atoms with Gasteiger partial charge in [-0.05, 0) is 12.8 Å². The number of rotatable bonds is 7. The molecule has 0 radical (unpaired) electrons. The van der Waals surface area contributed by atoms with Crippen molar-refractivity contribution in [2.24, 2.45) is 0 Å². The lowest BCUT2D eigenvalue weighted by atomic mass is 10.5. The summed E-state index contributed by atoms with van der Waals surface area (Å²) >= 11 is 0. The number of carbonyl (C=O) groups is 1. The first-order valence-corrected chi connectivity index (χ1v) is 5.12. The summed E-state index contributed by atoms with van der Waals surface area (Å²) in [5.41, 5.74) is 0. The Morgan fingerprint density at radius 1 is 1.31 bits per heavy atom. The van der Waals surface area contributed by atoms with Crippen molar-refractivity contribution in [3.8, 4) is 0 Å². The quantitative estimate of drug-likeness (QED) is 0.635. The Kier molecular flexibility index (Phi) is 5.01. The molecule has 1 rings (SSSR count). The molecule has 0 atom stereocenters. The van der Waals surface area contributed by atoms with Gasteiger partial charge in [0.25, 0.3) is 0 Å². The van der Waals surface area contributed by atoms with E-state index in [4.69, 9.17) is 0 Å². The number of halogens is 3. The van der Waals surface area contributed by atoms with Crippen LogP contribution in [0.5, 0.6) is 0 Å². The predicted octanol–water partition coefficient (Wildman–Crippen LogP) is 0.433. The first-order chi connectivity index (χ1) is 7.47. The molecule has 0 heterocycles. The van der Waals surface area contributed by atoms with Crippen molar-refractivity contribution in [1.82, 2.24) is 10.6 Å². The minimum absolute atomic E-state index is 0.407. The van der Waals surface area contributed by atoms with E-state index in [0.717, 1.165) is 12.8 Å². The van der Waals surface area contributed by atoms with Crippen LogP contribution in [0.2, 0.25) is 0 Å². The van der Waals surface area contributed by atoms with Crippen molar-refractivity contribution in [2.45, 2.75) is 25.1 Å². The molecule has 1 aliphatic rings. The van der Waals surface area contributed by atoms with E-state index < -0.39 is 25.3 Å². The zero-order valence-corrected chi connectivity index (χ0v) is 8.77. The Balaban J connectivity index is 1.89. The Labute approximate surface area is 91.5 Å². The monoisotopic (exact) mass is 240 g/mol. The average Bonchev–Trinajstić information content (AvgIpc) is 2.94. The van der Waals surface area contributed by atoms with Crippen LogP contribution in [-0.4, -0.2) is 44.4 Å². The molecule has 1 aliphatic carbocycles. The summed E-state index contributed by atoms with van der Waals surface area (Å²) in [6, 6.07) is 0.554. The molecule has 16 heavy (non-hydrogen) atoms. The van der Waals surface area contributed by atoms with E-state index in [1.165, 1.54) is 0 Å².